The molecule has 1 N–H and O–H groups in total. The van der Waals surface area contributed by atoms with E-state index in [0.29, 0.717) is 19.6 Å². The van der Waals surface area contributed by atoms with Gasteiger partial charge in [0.15, 0.2) is 6.04 Å². The van der Waals surface area contributed by atoms with Crippen LogP contribution in [0.2, 0.25) is 0 Å². The van der Waals surface area contributed by atoms with Crippen LogP contribution in [0.1, 0.15) is 0 Å². The molecule has 1 heterocycles. The van der Waals surface area contributed by atoms with Crippen molar-refractivity contribution in [1.29, 1.82) is 0 Å². The average Bonchev–Trinajstić information content (AvgIpc) is 2.04. The Morgan fingerprint density at radius 2 is 2.45 bits per heavy atom. The fourth-order valence-electron chi connectivity index (χ4n) is 0.956. The highest BCUT2D eigenvalue weighted by Gasteiger charge is 2.27. The van der Waals surface area contributed by atoms with Gasteiger partial charge in [-0.1, -0.05) is 0 Å². The van der Waals surface area contributed by atoms with Crippen LogP contribution in [0.25, 0.3) is 0 Å². The Hall–Kier alpha value is -1.10. The number of amides is 1. The van der Waals surface area contributed by atoms with Crippen molar-refractivity contribution in [3.05, 3.63) is 0 Å². The fraction of sp³-hybridized carbons (Fsp3) is 0.667. The number of carboxylic acids is 1. The van der Waals surface area contributed by atoms with Gasteiger partial charge >= 0.3 is 5.97 Å². The van der Waals surface area contributed by atoms with Gasteiger partial charge in [-0.15, -0.1) is 0 Å². The summed E-state index contributed by atoms with van der Waals surface area (Å²) in [6.07, 6.45) is 0.543. The molecule has 1 atom stereocenters. The molecule has 1 fully saturated rings. The predicted molar refractivity (Wildman–Crippen MR) is 35.0 cm³/mol. The van der Waals surface area contributed by atoms with Crippen molar-refractivity contribution < 1.29 is 19.4 Å². The van der Waals surface area contributed by atoms with Crippen LogP contribution in [-0.4, -0.2) is 48.2 Å². The molecule has 0 bridgehead atoms. The van der Waals surface area contributed by atoms with E-state index >= 15 is 0 Å². The van der Waals surface area contributed by atoms with Crippen LogP contribution in [0, 0.1) is 0 Å². The van der Waals surface area contributed by atoms with Gasteiger partial charge in [0, 0.05) is 6.54 Å². The van der Waals surface area contributed by atoms with Gasteiger partial charge in [0.2, 0.25) is 6.41 Å². The molecule has 11 heavy (non-hydrogen) atoms. The first kappa shape index (κ1) is 8.00. The van der Waals surface area contributed by atoms with Crippen LogP contribution in [0.3, 0.4) is 0 Å². The quantitative estimate of drug-likeness (QED) is 0.521. The molecule has 0 spiro atoms. The Balaban J connectivity index is 2.58. The highest BCUT2D eigenvalue weighted by molar-refractivity contribution is 5.76. The van der Waals surface area contributed by atoms with E-state index in [9.17, 15) is 9.59 Å². The summed E-state index contributed by atoms with van der Waals surface area (Å²) in [5, 5.41) is 8.56. The van der Waals surface area contributed by atoms with Crippen LogP contribution >= 0.6 is 0 Å². The number of rotatable bonds is 2. The highest BCUT2D eigenvalue weighted by atomic mass is 16.5. The number of nitrogens with zero attached hydrogens (tertiary/aromatic N) is 1. The molecule has 1 saturated heterocycles. The monoisotopic (exact) mass is 159 g/mol. The third kappa shape index (κ3) is 1.68. The number of hydrogen-bond acceptors (Lipinski definition) is 3. The first-order valence-electron chi connectivity index (χ1n) is 3.27. The van der Waals surface area contributed by atoms with Gasteiger partial charge in [-0.25, -0.2) is 4.79 Å². The van der Waals surface area contributed by atoms with E-state index in [4.69, 9.17) is 9.84 Å². The minimum absolute atomic E-state index is 0.0913. The summed E-state index contributed by atoms with van der Waals surface area (Å²) in [5.41, 5.74) is 0. The summed E-state index contributed by atoms with van der Waals surface area (Å²) in [4.78, 5) is 22.0. The van der Waals surface area contributed by atoms with Crippen molar-refractivity contribution in [3.8, 4) is 0 Å². The van der Waals surface area contributed by atoms with Crippen LogP contribution in [-0.2, 0) is 14.3 Å². The second-order valence-corrected chi connectivity index (χ2v) is 2.27. The summed E-state index contributed by atoms with van der Waals surface area (Å²) in [6, 6.07) is -0.804. The summed E-state index contributed by atoms with van der Waals surface area (Å²) >= 11 is 0. The minimum atomic E-state index is -1.02. The molecule has 0 radical (unpaired) electrons. The van der Waals surface area contributed by atoms with E-state index in [-0.39, 0.29) is 6.61 Å². The van der Waals surface area contributed by atoms with E-state index in [2.05, 4.69) is 0 Å². The lowest BCUT2D eigenvalue weighted by molar-refractivity contribution is -0.153. The van der Waals surface area contributed by atoms with Gasteiger partial charge in [0.25, 0.3) is 0 Å². The van der Waals surface area contributed by atoms with Gasteiger partial charge < -0.3 is 14.7 Å². The van der Waals surface area contributed by atoms with Crippen molar-refractivity contribution in [1.82, 2.24) is 4.90 Å². The number of ether oxygens (including phenoxy) is 1. The highest BCUT2D eigenvalue weighted by Crippen LogP contribution is 2.03. The maximum absolute atomic E-state index is 10.4. The largest absolute Gasteiger partial charge is 0.480 e. The molecule has 0 aliphatic carbocycles. The minimum Gasteiger partial charge on any atom is -0.480 e. The van der Waals surface area contributed by atoms with Gasteiger partial charge in [-0.3, -0.25) is 4.79 Å². The van der Waals surface area contributed by atoms with Crippen molar-refractivity contribution in [2.45, 2.75) is 6.04 Å². The zero-order chi connectivity index (χ0) is 8.27. The lowest BCUT2D eigenvalue weighted by Crippen LogP contribution is -2.49. The van der Waals surface area contributed by atoms with E-state index < -0.39 is 12.0 Å². The average molecular weight is 159 g/mol. The normalized spacial score (nSPS) is 24.7. The summed E-state index contributed by atoms with van der Waals surface area (Å²) in [7, 11) is 0. The third-order valence-corrected chi connectivity index (χ3v) is 1.59. The SMILES string of the molecule is O=CN1CCOC[C@@H]1C(=O)O. The van der Waals surface area contributed by atoms with Gasteiger partial charge in [-0.2, -0.15) is 0 Å². The Bertz CT molecular complexity index is 170. The van der Waals surface area contributed by atoms with E-state index in [1.807, 2.05) is 0 Å². The molecule has 0 aromatic rings. The molecule has 1 aliphatic rings. The maximum Gasteiger partial charge on any atom is 0.328 e. The second kappa shape index (κ2) is 3.34. The molecule has 5 nitrogen and oxygen atoms in total. The molecule has 0 aromatic carbocycles. The first-order chi connectivity index (χ1) is 5.25. The second-order valence-electron chi connectivity index (χ2n) is 2.27. The molecule has 1 amide bonds. The third-order valence-electron chi connectivity index (χ3n) is 1.59. The zero-order valence-electron chi connectivity index (χ0n) is 5.90. The number of carbonyl (C=O) groups excluding carboxylic acids is 1. The molecule has 0 aromatic heterocycles. The number of aliphatic carboxylic acids is 1. The lowest BCUT2D eigenvalue weighted by atomic mass is 10.2. The Morgan fingerprint density at radius 3 is 2.91 bits per heavy atom. The standard InChI is InChI=1S/C6H9NO4/c8-4-7-1-2-11-3-5(7)6(9)10/h4-5H,1-3H2,(H,9,10)/t5-/m1/s1. The molecule has 62 valence electrons. The van der Waals surface area contributed by atoms with Crippen LogP contribution in [0.4, 0.5) is 0 Å². The van der Waals surface area contributed by atoms with E-state index in [0.717, 1.165) is 0 Å². The molecule has 1 aliphatic heterocycles. The lowest BCUT2D eigenvalue weighted by Gasteiger charge is -2.29. The molecule has 5 heteroatoms. The van der Waals surface area contributed by atoms with Crippen LogP contribution in [0.15, 0.2) is 0 Å². The van der Waals surface area contributed by atoms with Gasteiger partial charge in [-0.05, 0) is 0 Å². The van der Waals surface area contributed by atoms with E-state index in [1.165, 1.54) is 4.90 Å². The Kier molecular flexibility index (Phi) is 2.43. The van der Waals surface area contributed by atoms with Crippen LogP contribution < -0.4 is 0 Å². The molecule has 0 saturated carbocycles. The summed E-state index contributed by atoms with van der Waals surface area (Å²) in [6.45, 7) is 0.872. The predicted octanol–water partition coefficient (Wildman–Crippen LogP) is -1.07. The molecular formula is C6H9NO4. The molecule has 0 unspecified atom stereocenters. The van der Waals surface area contributed by atoms with Crippen LogP contribution in [0.5, 0.6) is 0 Å². The van der Waals surface area contributed by atoms with Crippen molar-refractivity contribution >= 4 is 12.4 Å². The van der Waals surface area contributed by atoms with Gasteiger partial charge in [0.05, 0.1) is 13.2 Å². The van der Waals surface area contributed by atoms with Crippen molar-refractivity contribution in [2.75, 3.05) is 19.8 Å². The molecular weight excluding hydrogens is 150 g/mol. The van der Waals surface area contributed by atoms with Gasteiger partial charge in [0.1, 0.15) is 0 Å². The summed E-state index contributed by atoms with van der Waals surface area (Å²) < 4.78 is 4.89. The fourth-order valence-corrected chi connectivity index (χ4v) is 0.956. The topological polar surface area (TPSA) is 66.8 Å². The number of morpholine rings is 1. The Morgan fingerprint density at radius 1 is 1.73 bits per heavy atom. The zero-order valence-corrected chi connectivity index (χ0v) is 5.90. The van der Waals surface area contributed by atoms with Crippen molar-refractivity contribution in [3.63, 3.8) is 0 Å². The maximum atomic E-state index is 10.4. The molecule has 1 rings (SSSR count). The van der Waals surface area contributed by atoms with Crippen molar-refractivity contribution in [2.24, 2.45) is 0 Å². The smallest absolute Gasteiger partial charge is 0.328 e. The number of carbonyl (C=O) groups is 2. The number of hydrogen-bond donors (Lipinski definition) is 1. The first-order valence-corrected chi connectivity index (χ1v) is 3.27. The summed E-state index contributed by atoms with van der Waals surface area (Å²) in [5.74, 6) is -1.02. The van der Waals surface area contributed by atoms with E-state index in [1.54, 1.807) is 0 Å². The Labute approximate surface area is 63.5 Å². The number of carboxylic acid groups (broad SMARTS) is 1.